The zero-order chi connectivity index (χ0) is 12.6. The summed E-state index contributed by atoms with van der Waals surface area (Å²) in [6.07, 6.45) is 0. The van der Waals surface area contributed by atoms with Crippen molar-refractivity contribution < 1.29 is 22.7 Å². The third-order valence-electron chi connectivity index (χ3n) is 2.63. The third kappa shape index (κ3) is 2.16. The van der Waals surface area contributed by atoms with Crippen LogP contribution in [0, 0.1) is 11.7 Å². The van der Waals surface area contributed by atoms with Crippen LogP contribution in [-0.2, 0) is 14.8 Å². The monoisotopic (exact) mass is 258 g/mol. The minimum atomic E-state index is -3.71. The van der Waals surface area contributed by atoms with Crippen LogP contribution in [0.4, 0.5) is 4.39 Å². The number of rotatable bonds is 3. The van der Waals surface area contributed by atoms with Crippen LogP contribution in [0.1, 0.15) is 0 Å². The molecule has 0 atom stereocenters. The van der Waals surface area contributed by atoms with Gasteiger partial charge in [0.2, 0.25) is 10.0 Å². The van der Waals surface area contributed by atoms with E-state index in [2.05, 4.69) is 0 Å². The molecule has 5 nitrogen and oxygen atoms in total. The molecule has 1 aliphatic heterocycles. The van der Waals surface area contributed by atoms with Crippen molar-refractivity contribution in [3.05, 3.63) is 30.1 Å². The molecule has 1 fully saturated rings. The number of hydrogen-bond donors (Lipinski definition) is 0. The third-order valence-corrected chi connectivity index (χ3v) is 4.48. The number of carboxylic acids is 1. The average molecular weight is 258 g/mol. The number of benzene rings is 1. The van der Waals surface area contributed by atoms with Gasteiger partial charge in [-0.05, 0) is 24.3 Å². The molecule has 0 unspecified atom stereocenters. The molecule has 0 amide bonds. The molecular weight excluding hydrogens is 249 g/mol. The second-order valence-electron chi connectivity index (χ2n) is 3.79. The fraction of sp³-hybridized carbons (Fsp3) is 0.300. The zero-order valence-electron chi connectivity index (χ0n) is 8.67. The highest BCUT2D eigenvalue weighted by molar-refractivity contribution is 7.89. The van der Waals surface area contributed by atoms with Gasteiger partial charge in [0.25, 0.3) is 0 Å². The first-order chi connectivity index (χ1) is 7.91. The summed E-state index contributed by atoms with van der Waals surface area (Å²) in [5.41, 5.74) is 0. The lowest BCUT2D eigenvalue weighted by atomic mass is 10.0. The Balaban J connectivity index is 2.16. The van der Waals surface area contributed by atoms with E-state index in [1.54, 1.807) is 0 Å². The van der Waals surface area contributed by atoms with E-state index in [9.17, 15) is 22.7 Å². The Kier molecular flexibility index (Phi) is 2.88. The lowest BCUT2D eigenvalue weighted by molar-refractivity contribution is -0.314. The number of carbonyl (C=O) groups excluding carboxylic acids is 1. The van der Waals surface area contributed by atoms with Crippen molar-refractivity contribution in [3.63, 3.8) is 0 Å². The summed E-state index contributed by atoms with van der Waals surface area (Å²) in [6.45, 7) is -0.190. The maximum Gasteiger partial charge on any atom is 0.243 e. The Morgan fingerprint density at radius 1 is 1.29 bits per heavy atom. The van der Waals surface area contributed by atoms with Crippen molar-refractivity contribution in [2.24, 2.45) is 5.92 Å². The van der Waals surface area contributed by atoms with Gasteiger partial charge < -0.3 is 9.90 Å². The lowest BCUT2D eigenvalue weighted by Gasteiger charge is -2.38. The first kappa shape index (κ1) is 12.0. The molecule has 92 valence electrons. The summed E-state index contributed by atoms with van der Waals surface area (Å²) in [5.74, 6) is -2.54. The largest absolute Gasteiger partial charge is 0.550 e. The molecule has 0 radical (unpaired) electrons. The summed E-state index contributed by atoms with van der Waals surface area (Å²) in [7, 11) is -3.71. The van der Waals surface area contributed by atoms with Gasteiger partial charge in [0.05, 0.1) is 4.90 Å². The van der Waals surface area contributed by atoms with Gasteiger partial charge in [0.1, 0.15) is 5.82 Å². The molecule has 1 heterocycles. The van der Waals surface area contributed by atoms with Crippen molar-refractivity contribution in [2.75, 3.05) is 13.1 Å². The van der Waals surface area contributed by atoms with Crippen LogP contribution < -0.4 is 5.11 Å². The van der Waals surface area contributed by atoms with Gasteiger partial charge in [-0.25, -0.2) is 12.8 Å². The maximum atomic E-state index is 12.6. The molecule has 0 aliphatic carbocycles. The van der Waals surface area contributed by atoms with Crippen molar-refractivity contribution in [3.8, 4) is 0 Å². The number of carboxylic acid groups (broad SMARTS) is 1. The van der Waals surface area contributed by atoms with E-state index in [0.717, 1.165) is 28.6 Å². The lowest BCUT2D eigenvalue weighted by Crippen LogP contribution is -2.56. The highest BCUT2D eigenvalue weighted by atomic mass is 32.2. The van der Waals surface area contributed by atoms with Crippen molar-refractivity contribution in [1.82, 2.24) is 4.31 Å². The minimum Gasteiger partial charge on any atom is -0.550 e. The normalized spacial score (nSPS) is 17.7. The Morgan fingerprint density at radius 2 is 1.82 bits per heavy atom. The van der Waals surface area contributed by atoms with Gasteiger partial charge >= 0.3 is 0 Å². The Morgan fingerprint density at radius 3 is 2.29 bits per heavy atom. The van der Waals surface area contributed by atoms with Gasteiger partial charge in [-0.1, -0.05) is 0 Å². The first-order valence-electron chi connectivity index (χ1n) is 4.88. The van der Waals surface area contributed by atoms with Crippen LogP contribution >= 0.6 is 0 Å². The topological polar surface area (TPSA) is 77.5 Å². The summed E-state index contributed by atoms with van der Waals surface area (Å²) < 4.78 is 37.4. The number of carbonyl (C=O) groups is 1. The average Bonchev–Trinajstić information content (AvgIpc) is 2.14. The van der Waals surface area contributed by atoms with Crippen LogP contribution in [0.15, 0.2) is 29.2 Å². The number of nitrogens with zero attached hydrogens (tertiary/aromatic N) is 1. The smallest absolute Gasteiger partial charge is 0.243 e. The highest BCUT2D eigenvalue weighted by Crippen LogP contribution is 2.24. The van der Waals surface area contributed by atoms with Gasteiger partial charge in [0, 0.05) is 25.0 Å². The summed E-state index contributed by atoms with van der Waals surface area (Å²) in [6, 6.07) is 4.39. The second-order valence-corrected chi connectivity index (χ2v) is 5.73. The minimum absolute atomic E-state index is 0.0457. The van der Waals surface area contributed by atoms with E-state index in [-0.39, 0.29) is 18.0 Å². The van der Waals surface area contributed by atoms with E-state index in [4.69, 9.17) is 0 Å². The Hall–Kier alpha value is -1.47. The van der Waals surface area contributed by atoms with Crippen molar-refractivity contribution >= 4 is 16.0 Å². The van der Waals surface area contributed by atoms with Crippen LogP contribution in [-0.4, -0.2) is 31.8 Å². The molecule has 0 saturated carbocycles. The van der Waals surface area contributed by atoms with E-state index < -0.39 is 27.7 Å². The summed E-state index contributed by atoms with van der Waals surface area (Å²) >= 11 is 0. The Bertz CT molecular complexity index is 534. The molecule has 0 bridgehead atoms. The molecule has 17 heavy (non-hydrogen) atoms. The fourth-order valence-corrected chi connectivity index (χ4v) is 3.07. The molecule has 7 heteroatoms. The van der Waals surface area contributed by atoms with Gasteiger partial charge in [0.15, 0.2) is 0 Å². The molecule has 1 aromatic rings. The number of hydrogen-bond acceptors (Lipinski definition) is 4. The summed E-state index contributed by atoms with van der Waals surface area (Å²) in [4.78, 5) is 10.4. The van der Waals surface area contributed by atoms with Crippen LogP contribution in [0.5, 0.6) is 0 Å². The molecule has 1 aromatic carbocycles. The Labute approximate surface area is 97.5 Å². The SMILES string of the molecule is O=C([O-])C1CN(S(=O)(=O)c2ccc(F)cc2)C1. The predicted molar refractivity (Wildman–Crippen MR) is 53.7 cm³/mol. The molecule has 1 saturated heterocycles. The first-order valence-corrected chi connectivity index (χ1v) is 6.32. The highest BCUT2D eigenvalue weighted by Gasteiger charge is 2.37. The fourth-order valence-electron chi connectivity index (χ4n) is 1.54. The molecule has 0 N–H and O–H groups in total. The van der Waals surface area contributed by atoms with E-state index in [1.165, 1.54) is 0 Å². The van der Waals surface area contributed by atoms with Crippen LogP contribution in [0.25, 0.3) is 0 Å². The van der Waals surface area contributed by atoms with E-state index in [0.29, 0.717) is 0 Å². The predicted octanol–water partition coefficient (Wildman–Crippen LogP) is -0.804. The van der Waals surface area contributed by atoms with Crippen molar-refractivity contribution in [2.45, 2.75) is 4.90 Å². The molecular formula is C10H9FNO4S-. The second kappa shape index (κ2) is 4.08. The molecule has 2 rings (SSSR count). The van der Waals surface area contributed by atoms with Crippen LogP contribution in [0.3, 0.4) is 0 Å². The number of halogens is 1. The standard InChI is InChI=1S/C10H10FNO4S/c11-8-1-3-9(4-2-8)17(15,16)12-5-7(6-12)10(13)14/h1-4,7H,5-6H2,(H,13,14)/p-1. The molecule has 0 spiro atoms. The van der Waals surface area contributed by atoms with Crippen molar-refractivity contribution in [1.29, 1.82) is 0 Å². The number of aliphatic carboxylic acids is 1. The van der Waals surface area contributed by atoms with Gasteiger partial charge in [-0.2, -0.15) is 4.31 Å². The van der Waals surface area contributed by atoms with Gasteiger partial charge in [-0.15, -0.1) is 0 Å². The zero-order valence-corrected chi connectivity index (χ0v) is 9.48. The summed E-state index contributed by atoms with van der Waals surface area (Å²) in [5, 5.41) is 10.5. The number of sulfonamides is 1. The quantitative estimate of drug-likeness (QED) is 0.711. The van der Waals surface area contributed by atoms with E-state index >= 15 is 0 Å². The van der Waals surface area contributed by atoms with E-state index in [1.807, 2.05) is 0 Å². The van der Waals surface area contributed by atoms with Gasteiger partial charge in [-0.3, -0.25) is 0 Å². The maximum absolute atomic E-state index is 12.6. The molecule has 1 aliphatic rings. The molecule has 0 aromatic heterocycles. The van der Waals surface area contributed by atoms with Crippen LogP contribution in [0.2, 0.25) is 0 Å².